The minimum atomic E-state index is -0.430. The first kappa shape index (κ1) is 27.1. The van der Waals surface area contributed by atoms with Gasteiger partial charge in [-0.2, -0.15) is 0 Å². The third kappa shape index (κ3) is 8.28. The Morgan fingerprint density at radius 1 is 0.595 bits per heavy atom. The maximum atomic E-state index is 11.5. The zero-order valence-corrected chi connectivity index (χ0v) is 21.1. The van der Waals surface area contributed by atoms with Crippen LogP contribution in [0.1, 0.15) is 13.8 Å². The highest BCUT2D eigenvalue weighted by Gasteiger charge is 2.13. The van der Waals surface area contributed by atoms with Crippen molar-refractivity contribution in [3.63, 3.8) is 0 Å². The highest BCUT2D eigenvalue weighted by molar-refractivity contribution is 5.87. The fraction of sp³-hybridized carbons (Fsp3) is 0.200. The molecule has 0 radical (unpaired) electrons. The van der Waals surface area contributed by atoms with Gasteiger partial charge in [0, 0.05) is 28.2 Å². The van der Waals surface area contributed by atoms with Crippen molar-refractivity contribution >= 4 is 29.0 Å². The van der Waals surface area contributed by atoms with Gasteiger partial charge in [0.25, 0.3) is 0 Å². The predicted octanol–water partition coefficient (Wildman–Crippen LogP) is 6.15. The van der Waals surface area contributed by atoms with Gasteiger partial charge >= 0.3 is 11.9 Å². The number of ether oxygens (including phenoxy) is 4. The van der Waals surface area contributed by atoms with Crippen LogP contribution in [-0.2, 0) is 19.1 Å². The largest absolute Gasteiger partial charge is 0.490 e. The zero-order chi connectivity index (χ0) is 26.6. The molecule has 0 aliphatic heterocycles. The number of carbonyl (C=O) groups excluding carboxylic acids is 2. The summed E-state index contributed by atoms with van der Waals surface area (Å²) in [6, 6.07) is 25.3. The summed E-state index contributed by atoms with van der Waals surface area (Å²) in [4.78, 5) is 25.0. The van der Waals surface area contributed by atoms with Gasteiger partial charge in [-0.3, -0.25) is 0 Å². The standard InChI is InChI=1S/C30H31NO6/c1-22(2)29(32)36-20-18-34-27-14-10-25(11-15-27)31(24-8-6-5-7-9-24)26-12-16-28(17-13-26)35-19-21-37-30(33)23(3)4/h5-17H,1,3,18-21H2,2,4H3. The molecule has 192 valence electrons. The van der Waals surface area contributed by atoms with E-state index >= 15 is 0 Å². The molecular weight excluding hydrogens is 470 g/mol. The van der Waals surface area contributed by atoms with Crippen molar-refractivity contribution in [1.29, 1.82) is 0 Å². The Hall–Kier alpha value is -4.52. The van der Waals surface area contributed by atoms with Gasteiger partial charge in [0.2, 0.25) is 0 Å². The maximum Gasteiger partial charge on any atom is 0.333 e. The third-order valence-electron chi connectivity index (χ3n) is 5.07. The highest BCUT2D eigenvalue weighted by atomic mass is 16.6. The molecule has 0 unspecified atom stereocenters. The summed E-state index contributed by atoms with van der Waals surface area (Å²) in [5.74, 6) is 0.471. The van der Waals surface area contributed by atoms with E-state index in [2.05, 4.69) is 18.1 Å². The lowest BCUT2D eigenvalue weighted by atomic mass is 10.2. The molecule has 0 aliphatic rings. The lowest BCUT2D eigenvalue weighted by Gasteiger charge is -2.25. The van der Waals surface area contributed by atoms with Crippen LogP contribution in [0.3, 0.4) is 0 Å². The summed E-state index contributed by atoms with van der Waals surface area (Å²) in [5.41, 5.74) is 3.58. The average Bonchev–Trinajstić information content (AvgIpc) is 2.91. The van der Waals surface area contributed by atoms with Crippen molar-refractivity contribution in [1.82, 2.24) is 0 Å². The molecule has 3 aromatic carbocycles. The smallest absolute Gasteiger partial charge is 0.333 e. The third-order valence-corrected chi connectivity index (χ3v) is 5.07. The summed E-state index contributed by atoms with van der Waals surface area (Å²) in [5, 5.41) is 0. The summed E-state index contributed by atoms with van der Waals surface area (Å²) < 4.78 is 21.5. The maximum absolute atomic E-state index is 11.5. The molecule has 3 aromatic rings. The second kappa shape index (κ2) is 13.5. The molecule has 0 bridgehead atoms. The quantitative estimate of drug-likeness (QED) is 0.158. The second-order valence-corrected chi connectivity index (χ2v) is 8.19. The van der Waals surface area contributed by atoms with Gasteiger partial charge in [0.15, 0.2) is 0 Å². The number of carbonyl (C=O) groups is 2. The van der Waals surface area contributed by atoms with Crippen LogP contribution in [-0.4, -0.2) is 38.4 Å². The Morgan fingerprint density at radius 3 is 1.35 bits per heavy atom. The molecule has 0 fully saturated rings. The van der Waals surface area contributed by atoms with Crippen LogP contribution in [0, 0.1) is 0 Å². The van der Waals surface area contributed by atoms with E-state index in [0.717, 1.165) is 17.1 Å². The average molecular weight is 502 g/mol. The second-order valence-electron chi connectivity index (χ2n) is 8.19. The molecule has 0 amide bonds. The molecule has 0 atom stereocenters. The number of benzene rings is 3. The number of hydrogen-bond donors (Lipinski definition) is 0. The van der Waals surface area contributed by atoms with E-state index in [4.69, 9.17) is 18.9 Å². The minimum Gasteiger partial charge on any atom is -0.490 e. The Morgan fingerprint density at radius 2 is 0.973 bits per heavy atom. The molecule has 0 N–H and O–H groups in total. The van der Waals surface area contributed by atoms with Gasteiger partial charge in [-0.1, -0.05) is 31.4 Å². The Kier molecular flexibility index (Phi) is 9.91. The number of nitrogens with zero attached hydrogens (tertiary/aromatic N) is 1. The van der Waals surface area contributed by atoms with E-state index in [0.29, 0.717) is 22.6 Å². The van der Waals surface area contributed by atoms with Gasteiger partial charge in [-0.15, -0.1) is 0 Å². The summed E-state index contributed by atoms with van der Waals surface area (Å²) in [6.45, 7) is 11.1. The van der Waals surface area contributed by atoms with E-state index in [9.17, 15) is 9.59 Å². The van der Waals surface area contributed by atoms with E-state index in [-0.39, 0.29) is 26.4 Å². The van der Waals surface area contributed by atoms with Crippen LogP contribution in [0.5, 0.6) is 11.5 Å². The van der Waals surface area contributed by atoms with Crippen molar-refractivity contribution in [2.24, 2.45) is 0 Å². The minimum absolute atomic E-state index is 0.147. The molecular formula is C30H31NO6. The number of hydrogen-bond acceptors (Lipinski definition) is 7. The highest BCUT2D eigenvalue weighted by Crippen LogP contribution is 2.35. The van der Waals surface area contributed by atoms with Crippen LogP contribution in [0.25, 0.3) is 0 Å². The van der Waals surface area contributed by atoms with Crippen LogP contribution in [0.4, 0.5) is 17.1 Å². The van der Waals surface area contributed by atoms with Gasteiger partial charge < -0.3 is 23.8 Å². The number of rotatable bonds is 13. The first-order valence-electron chi connectivity index (χ1n) is 11.8. The Bertz CT molecular complexity index is 1130. The fourth-order valence-electron chi connectivity index (χ4n) is 3.24. The summed E-state index contributed by atoms with van der Waals surface area (Å²) in [6.07, 6.45) is 0. The predicted molar refractivity (Wildman–Crippen MR) is 144 cm³/mol. The lowest BCUT2D eigenvalue weighted by molar-refractivity contribution is -0.140. The molecule has 3 rings (SSSR count). The summed E-state index contributed by atoms with van der Waals surface area (Å²) >= 11 is 0. The van der Waals surface area contributed by atoms with Gasteiger partial charge in [-0.05, 0) is 74.5 Å². The molecule has 0 heterocycles. The van der Waals surface area contributed by atoms with E-state index in [1.54, 1.807) is 13.8 Å². The van der Waals surface area contributed by atoms with Crippen LogP contribution in [0.2, 0.25) is 0 Å². The number of anilines is 3. The van der Waals surface area contributed by atoms with Crippen LogP contribution < -0.4 is 14.4 Å². The van der Waals surface area contributed by atoms with Gasteiger partial charge in [0.1, 0.15) is 37.9 Å². The SMILES string of the molecule is C=C(C)C(=O)OCCOc1ccc(N(c2ccccc2)c2ccc(OCCOC(=O)C(=C)C)cc2)cc1. The van der Waals surface area contributed by atoms with Crippen molar-refractivity contribution in [3.05, 3.63) is 103 Å². The van der Waals surface area contributed by atoms with Gasteiger partial charge in [-0.25, -0.2) is 9.59 Å². The molecule has 37 heavy (non-hydrogen) atoms. The van der Waals surface area contributed by atoms with Gasteiger partial charge in [0.05, 0.1) is 0 Å². The van der Waals surface area contributed by atoms with E-state index in [1.807, 2.05) is 78.9 Å². The van der Waals surface area contributed by atoms with E-state index < -0.39 is 11.9 Å². The molecule has 0 saturated heterocycles. The first-order chi connectivity index (χ1) is 17.8. The molecule has 0 spiro atoms. The molecule has 7 nitrogen and oxygen atoms in total. The van der Waals surface area contributed by atoms with Crippen molar-refractivity contribution < 1.29 is 28.5 Å². The van der Waals surface area contributed by atoms with Crippen molar-refractivity contribution in [2.75, 3.05) is 31.3 Å². The number of para-hydroxylation sites is 1. The van der Waals surface area contributed by atoms with Crippen LogP contribution in [0.15, 0.2) is 103 Å². The van der Waals surface area contributed by atoms with Crippen molar-refractivity contribution in [3.8, 4) is 11.5 Å². The number of esters is 2. The molecule has 0 aromatic heterocycles. The Labute approximate surface area is 217 Å². The lowest BCUT2D eigenvalue weighted by Crippen LogP contribution is -2.13. The van der Waals surface area contributed by atoms with E-state index in [1.165, 1.54) is 0 Å². The first-order valence-corrected chi connectivity index (χ1v) is 11.8. The molecule has 0 saturated carbocycles. The van der Waals surface area contributed by atoms with Crippen LogP contribution >= 0.6 is 0 Å². The molecule has 7 heteroatoms. The Balaban J connectivity index is 1.66. The monoisotopic (exact) mass is 501 g/mol. The normalized spacial score (nSPS) is 10.2. The molecule has 0 aliphatic carbocycles. The summed E-state index contributed by atoms with van der Waals surface area (Å²) in [7, 11) is 0. The van der Waals surface area contributed by atoms with Crippen molar-refractivity contribution in [2.45, 2.75) is 13.8 Å². The zero-order valence-electron chi connectivity index (χ0n) is 21.1. The fourth-order valence-corrected chi connectivity index (χ4v) is 3.24. The topological polar surface area (TPSA) is 74.3 Å².